The number of anilines is 1. The lowest BCUT2D eigenvalue weighted by atomic mass is 10.1. The van der Waals surface area contributed by atoms with Crippen molar-refractivity contribution in [2.24, 2.45) is 4.99 Å². The van der Waals surface area contributed by atoms with Crippen LogP contribution in [0.15, 0.2) is 83.9 Å². The summed E-state index contributed by atoms with van der Waals surface area (Å²) in [4.78, 5) is 45.0. The molecule has 0 aromatic heterocycles. The van der Waals surface area contributed by atoms with Crippen LogP contribution in [0, 0.1) is 0 Å². The van der Waals surface area contributed by atoms with Gasteiger partial charge in [0.2, 0.25) is 11.8 Å². The Bertz CT molecular complexity index is 1340. The van der Waals surface area contributed by atoms with Crippen molar-refractivity contribution in [1.29, 1.82) is 0 Å². The molecule has 1 aliphatic rings. The number of aliphatic imine (C=N–C) groups is 1. The van der Waals surface area contributed by atoms with Gasteiger partial charge in [0, 0.05) is 24.7 Å². The average molecular weight is 560 g/mol. The first-order valence-corrected chi connectivity index (χ1v) is 14.2. The van der Waals surface area contributed by atoms with Gasteiger partial charge in [0.15, 0.2) is 5.17 Å². The summed E-state index contributed by atoms with van der Waals surface area (Å²) in [5.41, 5.74) is 2.79. The van der Waals surface area contributed by atoms with Crippen molar-refractivity contribution >= 4 is 46.1 Å². The van der Waals surface area contributed by atoms with Crippen LogP contribution in [0.3, 0.4) is 0 Å². The third kappa shape index (κ3) is 7.95. The largest absolute Gasteiger partial charge is 0.494 e. The van der Waals surface area contributed by atoms with Gasteiger partial charge in [0.25, 0.3) is 0 Å². The Morgan fingerprint density at radius 2 is 1.77 bits per heavy atom. The fourth-order valence-electron chi connectivity index (χ4n) is 4.20. The van der Waals surface area contributed by atoms with Crippen LogP contribution in [0.4, 0.5) is 11.4 Å². The highest BCUT2D eigenvalue weighted by Crippen LogP contribution is 2.31. The number of amides is 2. The van der Waals surface area contributed by atoms with Crippen LogP contribution in [0.1, 0.15) is 42.6 Å². The molecule has 1 N–H and O–H groups in total. The first kappa shape index (κ1) is 28.9. The lowest BCUT2D eigenvalue weighted by Crippen LogP contribution is -2.45. The Labute approximate surface area is 238 Å². The second-order valence-electron chi connectivity index (χ2n) is 9.06. The van der Waals surface area contributed by atoms with Crippen molar-refractivity contribution in [3.8, 4) is 5.75 Å². The lowest BCUT2D eigenvalue weighted by molar-refractivity contribution is -0.129. The minimum Gasteiger partial charge on any atom is -0.494 e. The van der Waals surface area contributed by atoms with E-state index in [-0.39, 0.29) is 18.2 Å². The molecule has 0 aliphatic carbocycles. The van der Waals surface area contributed by atoms with E-state index < -0.39 is 11.2 Å². The van der Waals surface area contributed by atoms with E-state index in [1.54, 1.807) is 54.3 Å². The molecule has 1 aliphatic heterocycles. The smallest absolute Gasteiger partial charge is 0.338 e. The number of rotatable bonds is 11. The number of ether oxygens (including phenoxy) is 2. The number of hydrogen-bond donors (Lipinski definition) is 1. The highest BCUT2D eigenvalue weighted by Gasteiger charge is 2.35. The average Bonchev–Trinajstić information content (AvgIpc) is 2.96. The third-order valence-corrected chi connectivity index (χ3v) is 7.33. The van der Waals surface area contributed by atoms with E-state index in [0.717, 1.165) is 12.8 Å². The highest BCUT2D eigenvalue weighted by atomic mass is 32.2. The number of esters is 1. The van der Waals surface area contributed by atoms with E-state index in [0.29, 0.717) is 47.6 Å². The second kappa shape index (κ2) is 14.3. The molecule has 1 unspecified atom stereocenters. The van der Waals surface area contributed by atoms with Gasteiger partial charge < -0.3 is 14.8 Å². The number of nitrogens with zero attached hydrogens (tertiary/aromatic N) is 2. The van der Waals surface area contributed by atoms with Crippen molar-refractivity contribution < 1.29 is 23.9 Å². The van der Waals surface area contributed by atoms with Gasteiger partial charge in [-0.25, -0.2) is 9.79 Å². The van der Waals surface area contributed by atoms with Crippen LogP contribution in [0.5, 0.6) is 5.75 Å². The first-order chi connectivity index (χ1) is 19.5. The Morgan fingerprint density at radius 3 is 2.50 bits per heavy atom. The number of carbonyl (C=O) groups is 3. The van der Waals surface area contributed by atoms with E-state index in [9.17, 15) is 14.4 Å². The van der Waals surface area contributed by atoms with Gasteiger partial charge in [-0.05, 0) is 68.7 Å². The summed E-state index contributed by atoms with van der Waals surface area (Å²) in [6.07, 6.45) is 1.63. The van der Waals surface area contributed by atoms with Gasteiger partial charge in [0.1, 0.15) is 11.0 Å². The standard InChI is InChI=1S/C31H33N3O5S/c1-3-38-26-14-8-13-25(20-26)32-29(36)27-21-28(35)34(19-9-12-22-10-6-5-7-11-22)31(40-27)33-24-17-15-23(16-18-24)30(37)39-4-2/h5-8,10-11,13-18,20,27H,3-4,9,12,19,21H2,1-2H3,(H,32,36). The lowest BCUT2D eigenvalue weighted by Gasteiger charge is -2.32. The summed E-state index contributed by atoms with van der Waals surface area (Å²) in [6.45, 7) is 4.94. The topological polar surface area (TPSA) is 97.3 Å². The van der Waals surface area contributed by atoms with Gasteiger partial charge in [-0.2, -0.15) is 0 Å². The fraction of sp³-hybridized carbons (Fsp3) is 0.290. The minimum atomic E-state index is -0.647. The molecule has 208 valence electrons. The van der Waals surface area contributed by atoms with Gasteiger partial charge in [0.05, 0.1) is 24.5 Å². The zero-order valence-corrected chi connectivity index (χ0v) is 23.5. The van der Waals surface area contributed by atoms with Crippen molar-refractivity contribution in [3.63, 3.8) is 0 Å². The van der Waals surface area contributed by atoms with Crippen LogP contribution in [0.2, 0.25) is 0 Å². The Kier molecular flexibility index (Phi) is 10.3. The number of benzene rings is 3. The third-order valence-electron chi connectivity index (χ3n) is 6.14. The van der Waals surface area contributed by atoms with Gasteiger partial charge in [-0.15, -0.1) is 0 Å². The highest BCUT2D eigenvalue weighted by molar-refractivity contribution is 8.15. The van der Waals surface area contributed by atoms with E-state index in [4.69, 9.17) is 14.5 Å². The van der Waals surface area contributed by atoms with E-state index >= 15 is 0 Å². The number of amidine groups is 1. The Morgan fingerprint density at radius 1 is 1.00 bits per heavy atom. The molecule has 4 rings (SSSR count). The fourth-order valence-corrected chi connectivity index (χ4v) is 5.32. The summed E-state index contributed by atoms with van der Waals surface area (Å²) in [6, 6.07) is 24.0. The SMILES string of the molecule is CCOC(=O)c1ccc(N=C2SC(C(=O)Nc3cccc(OCC)c3)CC(=O)N2CCCc2ccccc2)cc1. The van der Waals surface area contributed by atoms with Crippen LogP contribution in [0.25, 0.3) is 0 Å². The Hall–Kier alpha value is -4.11. The molecule has 9 heteroatoms. The molecule has 1 heterocycles. The van der Waals surface area contributed by atoms with Crippen molar-refractivity contribution in [2.75, 3.05) is 25.1 Å². The summed E-state index contributed by atoms with van der Waals surface area (Å²) in [7, 11) is 0. The molecular formula is C31H33N3O5S. The van der Waals surface area contributed by atoms with Crippen molar-refractivity contribution in [3.05, 3.63) is 90.0 Å². The number of hydrogen-bond acceptors (Lipinski definition) is 7. The van der Waals surface area contributed by atoms with Crippen molar-refractivity contribution in [1.82, 2.24) is 4.90 Å². The van der Waals surface area contributed by atoms with Gasteiger partial charge in [-0.1, -0.05) is 48.2 Å². The van der Waals surface area contributed by atoms with Crippen LogP contribution in [-0.2, 0) is 20.7 Å². The van der Waals surface area contributed by atoms with Crippen LogP contribution in [-0.4, -0.2) is 52.9 Å². The van der Waals surface area contributed by atoms with E-state index in [2.05, 4.69) is 17.4 Å². The summed E-state index contributed by atoms with van der Waals surface area (Å²) in [5, 5.41) is 2.72. The molecule has 3 aromatic rings. The molecule has 0 radical (unpaired) electrons. The molecule has 0 saturated carbocycles. The molecule has 0 bridgehead atoms. The summed E-state index contributed by atoms with van der Waals surface area (Å²) in [5.74, 6) is -0.180. The van der Waals surface area contributed by atoms with Gasteiger partial charge in [-0.3, -0.25) is 14.5 Å². The molecule has 0 spiro atoms. The zero-order chi connectivity index (χ0) is 28.3. The second-order valence-corrected chi connectivity index (χ2v) is 10.2. The number of thioether (sulfide) groups is 1. The van der Waals surface area contributed by atoms with Crippen LogP contribution >= 0.6 is 11.8 Å². The molecule has 1 fully saturated rings. The first-order valence-electron chi connectivity index (χ1n) is 13.4. The summed E-state index contributed by atoms with van der Waals surface area (Å²) < 4.78 is 10.6. The van der Waals surface area contributed by atoms with E-state index in [1.807, 2.05) is 31.2 Å². The zero-order valence-electron chi connectivity index (χ0n) is 22.7. The monoisotopic (exact) mass is 559 g/mol. The molecule has 1 atom stereocenters. The number of carbonyl (C=O) groups excluding carboxylic acids is 3. The molecule has 3 aromatic carbocycles. The van der Waals surface area contributed by atoms with Gasteiger partial charge >= 0.3 is 5.97 Å². The maximum absolute atomic E-state index is 13.3. The maximum atomic E-state index is 13.3. The van der Waals surface area contributed by atoms with Crippen LogP contribution < -0.4 is 10.1 Å². The minimum absolute atomic E-state index is 0.0633. The maximum Gasteiger partial charge on any atom is 0.338 e. The Balaban J connectivity index is 1.52. The molecule has 40 heavy (non-hydrogen) atoms. The molecule has 8 nitrogen and oxygen atoms in total. The molecule has 2 amide bonds. The predicted molar refractivity (Wildman–Crippen MR) is 158 cm³/mol. The predicted octanol–water partition coefficient (Wildman–Crippen LogP) is 5.86. The molecular weight excluding hydrogens is 526 g/mol. The summed E-state index contributed by atoms with van der Waals surface area (Å²) >= 11 is 1.27. The van der Waals surface area contributed by atoms with E-state index in [1.165, 1.54) is 17.3 Å². The quantitative estimate of drug-likeness (QED) is 0.296. The van der Waals surface area contributed by atoms with Crippen molar-refractivity contribution in [2.45, 2.75) is 38.4 Å². The molecule has 1 saturated heterocycles. The number of aryl methyl sites for hydroxylation is 1. The normalized spacial score (nSPS) is 16.1. The number of nitrogens with one attached hydrogen (secondary N) is 1.